The lowest BCUT2D eigenvalue weighted by Gasteiger charge is -2.32. The van der Waals surface area contributed by atoms with Crippen LogP contribution in [0.3, 0.4) is 0 Å². The molecule has 3 aromatic carbocycles. The number of aryl methyl sites for hydroxylation is 2. The molecule has 33 heavy (non-hydrogen) atoms. The van der Waals surface area contributed by atoms with Crippen molar-refractivity contribution in [1.82, 2.24) is 10.2 Å². The quantitative estimate of drug-likeness (QED) is 0.506. The van der Waals surface area contributed by atoms with Crippen LogP contribution in [0.15, 0.2) is 78.9 Å². The lowest BCUT2D eigenvalue weighted by atomic mass is 10.00. The van der Waals surface area contributed by atoms with Crippen LogP contribution in [0.2, 0.25) is 0 Å². The summed E-state index contributed by atoms with van der Waals surface area (Å²) in [5, 5.41) is 3.04. The first-order valence-electron chi connectivity index (χ1n) is 11.6. The van der Waals surface area contributed by atoms with Crippen LogP contribution >= 0.6 is 0 Å². The van der Waals surface area contributed by atoms with E-state index in [4.69, 9.17) is 0 Å². The van der Waals surface area contributed by atoms with Crippen molar-refractivity contribution in [2.45, 2.75) is 59.2 Å². The fourth-order valence-electron chi connectivity index (χ4n) is 4.01. The summed E-state index contributed by atoms with van der Waals surface area (Å²) in [5.74, 6) is -0.176. The number of amides is 2. The zero-order chi connectivity index (χ0) is 23.8. The van der Waals surface area contributed by atoms with Crippen LogP contribution in [0, 0.1) is 13.8 Å². The highest BCUT2D eigenvalue weighted by Gasteiger charge is 2.30. The molecule has 0 saturated heterocycles. The Kier molecular flexibility index (Phi) is 8.42. The van der Waals surface area contributed by atoms with E-state index in [9.17, 15) is 9.59 Å². The molecule has 0 spiro atoms. The average molecular weight is 443 g/mol. The van der Waals surface area contributed by atoms with Crippen LogP contribution in [0.1, 0.15) is 41.7 Å². The lowest BCUT2D eigenvalue weighted by molar-refractivity contribution is -0.141. The van der Waals surface area contributed by atoms with Crippen molar-refractivity contribution in [2.75, 3.05) is 0 Å². The van der Waals surface area contributed by atoms with Crippen molar-refractivity contribution in [3.05, 3.63) is 107 Å². The van der Waals surface area contributed by atoms with Crippen molar-refractivity contribution in [2.24, 2.45) is 0 Å². The first-order chi connectivity index (χ1) is 15.8. The summed E-state index contributed by atoms with van der Waals surface area (Å²) in [6.45, 7) is 8.32. The Morgan fingerprint density at radius 3 is 2.18 bits per heavy atom. The van der Waals surface area contributed by atoms with Crippen LogP contribution in [0.5, 0.6) is 0 Å². The molecule has 0 radical (unpaired) electrons. The van der Waals surface area contributed by atoms with Crippen LogP contribution in [-0.2, 0) is 29.0 Å². The normalized spacial score (nSPS) is 11.8. The number of hydrogen-bond acceptors (Lipinski definition) is 2. The van der Waals surface area contributed by atoms with Gasteiger partial charge in [0.15, 0.2) is 0 Å². The second kappa shape index (κ2) is 11.5. The first-order valence-corrected chi connectivity index (χ1v) is 11.6. The Hall–Kier alpha value is -3.40. The van der Waals surface area contributed by atoms with Crippen LogP contribution in [0.4, 0.5) is 0 Å². The molecule has 0 unspecified atom stereocenters. The third-order valence-corrected chi connectivity index (χ3v) is 5.74. The number of rotatable bonds is 9. The van der Waals surface area contributed by atoms with Gasteiger partial charge in [0.1, 0.15) is 6.04 Å². The molecule has 0 aliphatic heterocycles. The fraction of sp³-hybridized carbons (Fsp3) is 0.310. The summed E-state index contributed by atoms with van der Waals surface area (Å²) in [6.07, 6.45) is 0.726. The maximum atomic E-state index is 13.7. The van der Waals surface area contributed by atoms with E-state index in [1.54, 1.807) is 4.90 Å². The average Bonchev–Trinajstić information content (AvgIpc) is 2.78. The zero-order valence-corrected chi connectivity index (χ0v) is 20.0. The number of nitrogens with one attached hydrogen (secondary N) is 1. The summed E-state index contributed by atoms with van der Waals surface area (Å²) in [7, 11) is 0. The topological polar surface area (TPSA) is 49.4 Å². The molecule has 172 valence electrons. The van der Waals surface area contributed by atoms with E-state index in [1.807, 2.05) is 100 Å². The molecule has 0 saturated carbocycles. The second-order valence-corrected chi connectivity index (χ2v) is 8.98. The number of hydrogen-bond donors (Lipinski definition) is 1. The third-order valence-electron chi connectivity index (χ3n) is 5.74. The Bertz CT molecular complexity index is 1080. The molecular weight excluding hydrogens is 408 g/mol. The third kappa shape index (κ3) is 7.04. The highest BCUT2D eigenvalue weighted by Crippen LogP contribution is 2.18. The van der Waals surface area contributed by atoms with Gasteiger partial charge >= 0.3 is 0 Å². The maximum Gasteiger partial charge on any atom is 0.243 e. The van der Waals surface area contributed by atoms with E-state index in [0.717, 1.165) is 27.8 Å². The van der Waals surface area contributed by atoms with E-state index in [2.05, 4.69) is 11.4 Å². The van der Waals surface area contributed by atoms with E-state index < -0.39 is 6.04 Å². The van der Waals surface area contributed by atoms with E-state index in [1.165, 1.54) is 0 Å². The molecular formula is C29H34N2O2. The van der Waals surface area contributed by atoms with E-state index in [-0.39, 0.29) is 24.3 Å². The summed E-state index contributed by atoms with van der Waals surface area (Å²) in [5.41, 5.74) is 5.24. The van der Waals surface area contributed by atoms with Crippen molar-refractivity contribution in [1.29, 1.82) is 0 Å². The van der Waals surface area contributed by atoms with Gasteiger partial charge in [-0.05, 0) is 49.9 Å². The molecule has 0 aliphatic rings. The van der Waals surface area contributed by atoms with Crippen molar-refractivity contribution < 1.29 is 9.59 Å². The van der Waals surface area contributed by atoms with Crippen molar-refractivity contribution in [3.8, 4) is 0 Å². The predicted molar refractivity (Wildman–Crippen MR) is 134 cm³/mol. The fourth-order valence-corrected chi connectivity index (χ4v) is 4.01. The SMILES string of the molecule is Cc1cccc(CN(C(=O)Cc2ccccc2C)[C@@H](Cc2ccccc2)C(=O)NC(C)C)c1. The number of nitrogens with zero attached hydrogens (tertiary/aromatic N) is 1. The van der Waals surface area contributed by atoms with Gasteiger partial charge in [0.05, 0.1) is 6.42 Å². The summed E-state index contributed by atoms with van der Waals surface area (Å²) >= 11 is 0. The summed E-state index contributed by atoms with van der Waals surface area (Å²) in [6, 6.07) is 25.3. The number of carbonyl (C=O) groups excluding carboxylic acids is 2. The summed E-state index contributed by atoms with van der Waals surface area (Å²) in [4.78, 5) is 28.9. The highest BCUT2D eigenvalue weighted by atomic mass is 16.2. The Morgan fingerprint density at radius 1 is 0.848 bits per heavy atom. The smallest absolute Gasteiger partial charge is 0.243 e. The molecule has 0 heterocycles. The van der Waals surface area contributed by atoms with Crippen LogP contribution < -0.4 is 5.32 Å². The Labute approximate surface area is 197 Å². The zero-order valence-electron chi connectivity index (χ0n) is 20.0. The maximum absolute atomic E-state index is 13.7. The van der Waals surface area contributed by atoms with Gasteiger partial charge in [0.25, 0.3) is 0 Å². The minimum Gasteiger partial charge on any atom is -0.352 e. The summed E-state index contributed by atoms with van der Waals surface area (Å²) < 4.78 is 0. The molecule has 4 nitrogen and oxygen atoms in total. The molecule has 0 fully saturated rings. The van der Waals surface area contributed by atoms with E-state index in [0.29, 0.717) is 13.0 Å². The van der Waals surface area contributed by atoms with Gasteiger partial charge in [-0.2, -0.15) is 0 Å². The highest BCUT2D eigenvalue weighted by molar-refractivity contribution is 5.89. The standard InChI is InChI=1S/C29H34N2O2/c1-21(2)30-29(33)27(18-24-13-6-5-7-14-24)31(20-25-15-10-11-22(3)17-25)28(32)19-26-16-9-8-12-23(26)4/h5-17,21,27H,18-20H2,1-4H3,(H,30,33)/t27-/m0/s1. The van der Waals surface area contributed by atoms with Crippen molar-refractivity contribution >= 4 is 11.8 Å². The molecule has 3 rings (SSSR count). The molecule has 0 bridgehead atoms. The number of benzene rings is 3. The van der Waals surface area contributed by atoms with Gasteiger partial charge in [-0.3, -0.25) is 9.59 Å². The molecule has 4 heteroatoms. The van der Waals surface area contributed by atoms with Crippen LogP contribution in [-0.4, -0.2) is 28.8 Å². The van der Waals surface area contributed by atoms with Gasteiger partial charge in [-0.15, -0.1) is 0 Å². The van der Waals surface area contributed by atoms with Crippen molar-refractivity contribution in [3.63, 3.8) is 0 Å². The molecule has 0 aromatic heterocycles. The van der Waals surface area contributed by atoms with Gasteiger partial charge in [-0.25, -0.2) is 0 Å². The minimum atomic E-state index is -0.605. The van der Waals surface area contributed by atoms with Gasteiger partial charge in [-0.1, -0.05) is 84.4 Å². The molecule has 3 aromatic rings. The Morgan fingerprint density at radius 2 is 1.52 bits per heavy atom. The lowest BCUT2D eigenvalue weighted by Crippen LogP contribution is -2.52. The minimum absolute atomic E-state index is 0.0111. The molecule has 0 aliphatic carbocycles. The Balaban J connectivity index is 1.98. The van der Waals surface area contributed by atoms with Gasteiger partial charge in [0, 0.05) is 19.0 Å². The molecule has 1 atom stereocenters. The van der Waals surface area contributed by atoms with E-state index >= 15 is 0 Å². The predicted octanol–water partition coefficient (Wildman–Crippen LogP) is 5.01. The monoisotopic (exact) mass is 442 g/mol. The van der Waals surface area contributed by atoms with Gasteiger partial charge < -0.3 is 10.2 Å². The largest absolute Gasteiger partial charge is 0.352 e. The second-order valence-electron chi connectivity index (χ2n) is 8.98. The van der Waals surface area contributed by atoms with Gasteiger partial charge in [0.2, 0.25) is 11.8 Å². The molecule has 2 amide bonds. The first kappa shape index (κ1) is 24.2. The van der Waals surface area contributed by atoms with Crippen LogP contribution in [0.25, 0.3) is 0 Å². The molecule has 1 N–H and O–H groups in total. The number of carbonyl (C=O) groups is 2.